The Bertz CT molecular complexity index is 1530. The molecule has 0 radical (unpaired) electrons. The lowest BCUT2D eigenvalue weighted by atomic mass is 9.72. The summed E-state index contributed by atoms with van der Waals surface area (Å²) in [4.78, 5) is 25.3. The molecule has 1 atom stereocenters. The number of piperidine rings is 1. The van der Waals surface area contributed by atoms with Crippen molar-refractivity contribution in [3.63, 3.8) is 0 Å². The van der Waals surface area contributed by atoms with E-state index < -0.39 is 5.41 Å². The molecule has 2 N–H and O–H groups in total. The maximum atomic E-state index is 14.1. The summed E-state index contributed by atoms with van der Waals surface area (Å²) in [6, 6.07) is 22.1. The van der Waals surface area contributed by atoms with Crippen LogP contribution in [0.2, 0.25) is 0 Å². The monoisotopic (exact) mass is 538 g/mol. The highest BCUT2D eigenvalue weighted by molar-refractivity contribution is 5.88. The Balaban J connectivity index is 1.26. The summed E-state index contributed by atoms with van der Waals surface area (Å²) in [5.41, 5.74) is 3.72. The van der Waals surface area contributed by atoms with Gasteiger partial charge in [-0.3, -0.25) is 4.79 Å². The minimum absolute atomic E-state index is 0.0436. The second-order valence-corrected chi connectivity index (χ2v) is 10.8. The summed E-state index contributed by atoms with van der Waals surface area (Å²) in [6.45, 7) is 1.19. The molecule has 8 heteroatoms. The summed E-state index contributed by atoms with van der Waals surface area (Å²) >= 11 is 0. The van der Waals surface area contributed by atoms with Crippen LogP contribution in [-0.4, -0.2) is 48.3 Å². The van der Waals surface area contributed by atoms with E-state index in [1.54, 1.807) is 26.4 Å². The number of aromatic hydroxyl groups is 1. The quantitative estimate of drug-likeness (QED) is 0.342. The highest BCUT2D eigenvalue weighted by Gasteiger charge is 2.43. The molecule has 8 nitrogen and oxygen atoms in total. The van der Waals surface area contributed by atoms with Crippen molar-refractivity contribution < 1.29 is 19.4 Å². The molecular weight excluding hydrogens is 504 g/mol. The predicted octanol–water partition coefficient (Wildman–Crippen LogP) is 4.99. The molecule has 4 aromatic rings. The fourth-order valence-electron chi connectivity index (χ4n) is 6.19. The van der Waals surface area contributed by atoms with Crippen molar-refractivity contribution in [3.8, 4) is 17.4 Å². The van der Waals surface area contributed by atoms with Gasteiger partial charge in [0, 0.05) is 19.2 Å². The third kappa shape index (κ3) is 4.78. The lowest BCUT2D eigenvalue weighted by molar-refractivity contribution is -0.133. The van der Waals surface area contributed by atoms with Crippen LogP contribution >= 0.6 is 0 Å². The number of benzene rings is 3. The summed E-state index contributed by atoms with van der Waals surface area (Å²) < 4.78 is 10.8. The van der Waals surface area contributed by atoms with Gasteiger partial charge in [-0.05, 0) is 54.9 Å². The first-order valence-electron chi connectivity index (χ1n) is 13.8. The van der Waals surface area contributed by atoms with Crippen LogP contribution < -0.4 is 19.7 Å². The number of ether oxygens (including phenoxy) is 2. The van der Waals surface area contributed by atoms with Gasteiger partial charge in [-0.25, -0.2) is 4.98 Å². The van der Waals surface area contributed by atoms with Gasteiger partial charge in [-0.1, -0.05) is 54.6 Å². The van der Waals surface area contributed by atoms with Crippen LogP contribution in [0.4, 0.5) is 5.95 Å². The topological polar surface area (TPSA) is 96.8 Å². The highest BCUT2D eigenvalue weighted by Crippen LogP contribution is 2.40. The van der Waals surface area contributed by atoms with Crippen molar-refractivity contribution in [2.24, 2.45) is 5.41 Å². The van der Waals surface area contributed by atoms with Gasteiger partial charge in [0.15, 0.2) is 11.5 Å². The number of fused-ring (bicyclic) bond motifs is 2. The Morgan fingerprint density at radius 1 is 1.00 bits per heavy atom. The molecule has 3 aromatic carbocycles. The van der Waals surface area contributed by atoms with Gasteiger partial charge in [0.05, 0.1) is 36.6 Å². The van der Waals surface area contributed by atoms with E-state index in [2.05, 4.69) is 45.5 Å². The number of carbonyl (C=O) groups is 1. The van der Waals surface area contributed by atoms with Crippen molar-refractivity contribution in [2.75, 3.05) is 32.2 Å². The number of hydrogen-bond acceptors (Lipinski definition) is 7. The van der Waals surface area contributed by atoms with E-state index in [4.69, 9.17) is 14.5 Å². The summed E-state index contributed by atoms with van der Waals surface area (Å²) in [5, 5.41) is 14.7. The van der Waals surface area contributed by atoms with E-state index in [0.29, 0.717) is 60.7 Å². The van der Waals surface area contributed by atoms with E-state index in [1.165, 1.54) is 11.1 Å². The third-order valence-corrected chi connectivity index (χ3v) is 8.48. The average Bonchev–Trinajstić information content (AvgIpc) is 3.40. The number of rotatable bonds is 7. The van der Waals surface area contributed by atoms with Gasteiger partial charge >= 0.3 is 0 Å². The molecule has 6 rings (SSSR count). The van der Waals surface area contributed by atoms with E-state index in [0.717, 1.165) is 18.4 Å². The molecule has 0 spiro atoms. The van der Waals surface area contributed by atoms with Crippen LogP contribution in [0, 0.1) is 5.41 Å². The van der Waals surface area contributed by atoms with Crippen molar-refractivity contribution in [3.05, 3.63) is 83.4 Å². The number of aromatic nitrogens is 2. The zero-order valence-electron chi connectivity index (χ0n) is 22.9. The van der Waals surface area contributed by atoms with Gasteiger partial charge in [0.2, 0.25) is 17.7 Å². The Kier molecular flexibility index (Phi) is 6.92. The van der Waals surface area contributed by atoms with Crippen LogP contribution in [0.5, 0.6) is 17.4 Å². The Hall–Kier alpha value is -4.33. The molecule has 1 aromatic heterocycles. The predicted molar refractivity (Wildman–Crippen MR) is 154 cm³/mol. The maximum Gasteiger partial charge on any atom is 0.229 e. The summed E-state index contributed by atoms with van der Waals surface area (Å²) in [7, 11) is 3.12. The fourth-order valence-corrected chi connectivity index (χ4v) is 6.19. The number of nitrogens with one attached hydrogen (secondary N) is 1. The molecule has 0 bridgehead atoms. The van der Waals surface area contributed by atoms with Crippen LogP contribution in [0.3, 0.4) is 0 Å². The molecule has 40 heavy (non-hydrogen) atoms. The first kappa shape index (κ1) is 25.9. The smallest absolute Gasteiger partial charge is 0.229 e. The molecule has 2 aliphatic rings. The molecular formula is C32H34N4O4. The molecule has 1 unspecified atom stereocenters. The second-order valence-electron chi connectivity index (χ2n) is 10.8. The largest absolute Gasteiger partial charge is 0.493 e. The Labute approximate surface area is 234 Å². The number of nitrogens with zero attached hydrogens (tertiary/aromatic N) is 3. The minimum atomic E-state index is -0.551. The van der Waals surface area contributed by atoms with E-state index in [9.17, 15) is 9.90 Å². The van der Waals surface area contributed by atoms with Gasteiger partial charge in [0.1, 0.15) is 0 Å². The van der Waals surface area contributed by atoms with Crippen molar-refractivity contribution in [1.29, 1.82) is 0 Å². The van der Waals surface area contributed by atoms with Gasteiger partial charge in [-0.2, -0.15) is 4.98 Å². The first-order chi connectivity index (χ1) is 19.5. The van der Waals surface area contributed by atoms with Gasteiger partial charge in [-0.15, -0.1) is 0 Å². The van der Waals surface area contributed by atoms with Gasteiger partial charge in [0.25, 0.3) is 0 Å². The Morgan fingerprint density at radius 3 is 2.45 bits per heavy atom. The van der Waals surface area contributed by atoms with Crippen molar-refractivity contribution in [1.82, 2.24) is 15.3 Å². The number of anilines is 1. The Morgan fingerprint density at radius 2 is 1.70 bits per heavy atom. The maximum absolute atomic E-state index is 14.1. The zero-order valence-corrected chi connectivity index (χ0v) is 22.9. The molecule has 1 aliphatic carbocycles. The molecule has 2 heterocycles. The molecule has 0 saturated carbocycles. The van der Waals surface area contributed by atoms with E-state index >= 15 is 0 Å². The lowest BCUT2D eigenvalue weighted by Crippen LogP contribution is -2.51. The lowest BCUT2D eigenvalue weighted by Gasteiger charge is -2.41. The molecule has 1 fully saturated rings. The van der Waals surface area contributed by atoms with Gasteiger partial charge < -0.3 is 24.8 Å². The molecule has 206 valence electrons. The number of carbonyl (C=O) groups excluding carboxylic acids is 1. The second kappa shape index (κ2) is 10.7. The molecule has 1 saturated heterocycles. The van der Waals surface area contributed by atoms with Crippen LogP contribution in [-0.2, 0) is 17.6 Å². The molecule has 1 aliphatic heterocycles. The van der Waals surface area contributed by atoms with E-state index in [-0.39, 0.29) is 17.8 Å². The third-order valence-electron chi connectivity index (χ3n) is 8.48. The van der Waals surface area contributed by atoms with E-state index in [1.807, 2.05) is 24.3 Å². The SMILES string of the molecule is COc1cc2nc(N3CCC(Cc4ccccc4)(C(=O)NC4CCc5ccccc54)CC3)nc(O)c2cc1OC. The highest BCUT2D eigenvalue weighted by atomic mass is 16.5. The number of aryl methyl sites for hydroxylation is 1. The molecule has 1 amide bonds. The average molecular weight is 539 g/mol. The summed E-state index contributed by atoms with van der Waals surface area (Å²) in [5.74, 6) is 1.47. The number of amides is 1. The van der Waals surface area contributed by atoms with Crippen molar-refractivity contribution in [2.45, 2.75) is 38.1 Å². The number of methoxy groups -OCH3 is 2. The standard InChI is InChI=1S/C32H34N4O4/c1-39-27-18-24-26(19-28(27)40-2)34-31(35-29(24)37)36-16-14-32(15-17-36,20-21-8-4-3-5-9-21)30(38)33-25-13-12-22-10-6-7-11-23(22)25/h3-11,18-19,25H,12-17,20H2,1-2H3,(H,33,38)(H,34,35,37). The normalized spacial score (nSPS) is 17.9. The first-order valence-corrected chi connectivity index (χ1v) is 13.8. The fraction of sp³-hybridized carbons (Fsp3) is 0.344. The minimum Gasteiger partial charge on any atom is -0.493 e. The zero-order chi connectivity index (χ0) is 27.7. The van der Waals surface area contributed by atoms with Crippen LogP contribution in [0.25, 0.3) is 10.9 Å². The summed E-state index contributed by atoms with van der Waals surface area (Å²) in [6.07, 6.45) is 3.88. The van der Waals surface area contributed by atoms with Crippen LogP contribution in [0.15, 0.2) is 66.7 Å². The van der Waals surface area contributed by atoms with Crippen LogP contribution in [0.1, 0.15) is 42.0 Å². The number of hydrogen-bond donors (Lipinski definition) is 2. The van der Waals surface area contributed by atoms with Crippen molar-refractivity contribution >= 4 is 22.8 Å².